The molecule has 7 heteroatoms. The van der Waals surface area contributed by atoms with Gasteiger partial charge < -0.3 is 9.64 Å². The highest BCUT2D eigenvalue weighted by Gasteiger charge is 2.38. The van der Waals surface area contributed by atoms with Crippen LogP contribution in [0.25, 0.3) is 0 Å². The Morgan fingerprint density at radius 2 is 1.62 bits per heavy atom. The van der Waals surface area contributed by atoms with Crippen molar-refractivity contribution in [1.82, 2.24) is 9.80 Å². The number of carbonyl (C=O) groups is 3. The van der Waals surface area contributed by atoms with E-state index in [2.05, 4.69) is 4.90 Å². The lowest BCUT2D eigenvalue weighted by Gasteiger charge is -2.43. The maximum Gasteiger partial charge on any atom is 0.261 e. The molecule has 0 spiro atoms. The highest BCUT2D eigenvalue weighted by atomic mass is 16.5. The average Bonchev–Trinajstić information content (AvgIpc) is 3.08. The highest BCUT2D eigenvalue weighted by molar-refractivity contribution is 6.21. The molecule has 0 aromatic heterocycles. The maximum absolute atomic E-state index is 12.8. The first-order valence-corrected chi connectivity index (χ1v) is 11.1. The van der Waals surface area contributed by atoms with Gasteiger partial charge in [-0.25, -0.2) is 0 Å². The fraction of sp³-hybridized carbons (Fsp3) is 0.400. The zero-order chi connectivity index (χ0) is 22.7. The van der Waals surface area contributed by atoms with Crippen LogP contribution in [0.3, 0.4) is 0 Å². The van der Waals surface area contributed by atoms with Gasteiger partial charge in [0.2, 0.25) is 5.91 Å². The summed E-state index contributed by atoms with van der Waals surface area (Å²) in [4.78, 5) is 43.5. The second-order valence-electron chi connectivity index (χ2n) is 8.19. The van der Waals surface area contributed by atoms with Gasteiger partial charge in [-0.1, -0.05) is 37.3 Å². The van der Waals surface area contributed by atoms with Crippen molar-refractivity contribution < 1.29 is 19.1 Å². The number of fused-ring (bicyclic) bond motifs is 1. The lowest BCUT2D eigenvalue weighted by Crippen LogP contribution is -2.57. The molecule has 0 saturated carbocycles. The summed E-state index contributed by atoms with van der Waals surface area (Å²) in [5, 5.41) is 0. The molecule has 2 aromatic rings. The van der Waals surface area contributed by atoms with Crippen LogP contribution in [0.1, 0.15) is 40.5 Å². The zero-order valence-corrected chi connectivity index (χ0v) is 18.6. The molecule has 1 saturated heterocycles. The van der Waals surface area contributed by atoms with E-state index in [1.807, 2.05) is 42.2 Å². The Balaban J connectivity index is 1.42. The van der Waals surface area contributed by atoms with Crippen molar-refractivity contribution in [2.24, 2.45) is 0 Å². The third-order valence-electron chi connectivity index (χ3n) is 6.37. The molecular weight excluding hydrogens is 406 g/mol. The standard InChI is InChI=1S/C25H29N3O4/c1-3-23(29)28(18-9-5-4-6-10-18)21-13-14-26(17-22(21)32-2)15-16-27-24(30)19-11-7-8-12-20(19)25(27)31/h4-12,21-22H,3,13-17H2,1-2H3. The lowest BCUT2D eigenvalue weighted by molar-refractivity contribution is -0.120. The Morgan fingerprint density at radius 1 is 1.00 bits per heavy atom. The largest absolute Gasteiger partial charge is 0.378 e. The fourth-order valence-corrected chi connectivity index (χ4v) is 4.66. The van der Waals surface area contributed by atoms with E-state index in [4.69, 9.17) is 4.74 Å². The number of anilines is 1. The highest BCUT2D eigenvalue weighted by Crippen LogP contribution is 2.27. The van der Waals surface area contributed by atoms with Crippen LogP contribution in [0.15, 0.2) is 54.6 Å². The normalized spacial score (nSPS) is 21.0. The van der Waals surface area contributed by atoms with Crippen molar-refractivity contribution in [2.45, 2.75) is 31.9 Å². The van der Waals surface area contributed by atoms with Crippen LogP contribution in [0, 0.1) is 0 Å². The minimum absolute atomic E-state index is 0.0644. The number of likely N-dealkylation sites (tertiary alicyclic amines) is 1. The summed E-state index contributed by atoms with van der Waals surface area (Å²) < 4.78 is 5.81. The van der Waals surface area contributed by atoms with Crippen LogP contribution in [0.4, 0.5) is 5.69 Å². The minimum Gasteiger partial charge on any atom is -0.378 e. The van der Waals surface area contributed by atoms with Crippen molar-refractivity contribution in [2.75, 3.05) is 38.2 Å². The smallest absolute Gasteiger partial charge is 0.261 e. The first kappa shape index (κ1) is 22.2. The van der Waals surface area contributed by atoms with Crippen LogP contribution < -0.4 is 4.90 Å². The van der Waals surface area contributed by atoms with Crippen LogP contribution in [0.5, 0.6) is 0 Å². The van der Waals surface area contributed by atoms with E-state index in [0.29, 0.717) is 37.2 Å². The Morgan fingerprint density at radius 3 is 2.22 bits per heavy atom. The van der Waals surface area contributed by atoms with Gasteiger partial charge in [-0.15, -0.1) is 0 Å². The number of hydrogen-bond acceptors (Lipinski definition) is 5. The van der Waals surface area contributed by atoms with E-state index in [-0.39, 0.29) is 29.9 Å². The monoisotopic (exact) mass is 435 g/mol. The summed E-state index contributed by atoms with van der Waals surface area (Å²) in [7, 11) is 1.67. The number of imide groups is 1. The molecule has 4 rings (SSSR count). The second-order valence-corrected chi connectivity index (χ2v) is 8.19. The number of amides is 3. The van der Waals surface area contributed by atoms with E-state index in [9.17, 15) is 14.4 Å². The summed E-state index contributed by atoms with van der Waals surface area (Å²) in [5.74, 6) is -0.386. The minimum atomic E-state index is -0.229. The Labute approximate surface area is 188 Å². The third-order valence-corrected chi connectivity index (χ3v) is 6.37. The van der Waals surface area contributed by atoms with Gasteiger partial charge in [0.05, 0.1) is 23.3 Å². The summed E-state index contributed by atoms with van der Waals surface area (Å²) in [6.45, 7) is 4.17. The topological polar surface area (TPSA) is 70.2 Å². The molecule has 2 aliphatic rings. The first-order valence-electron chi connectivity index (χ1n) is 11.1. The van der Waals surface area contributed by atoms with Gasteiger partial charge in [0.1, 0.15) is 0 Å². The molecule has 2 heterocycles. The molecule has 2 aliphatic heterocycles. The molecule has 2 aromatic carbocycles. The van der Waals surface area contributed by atoms with Gasteiger partial charge in [-0.05, 0) is 30.7 Å². The van der Waals surface area contributed by atoms with E-state index < -0.39 is 0 Å². The van der Waals surface area contributed by atoms with Crippen molar-refractivity contribution in [1.29, 1.82) is 0 Å². The average molecular weight is 436 g/mol. The Hall–Kier alpha value is -3.03. The Bertz CT molecular complexity index is 959. The van der Waals surface area contributed by atoms with E-state index in [1.54, 1.807) is 31.4 Å². The number of carbonyl (C=O) groups excluding carboxylic acids is 3. The fourth-order valence-electron chi connectivity index (χ4n) is 4.66. The second kappa shape index (κ2) is 9.63. The van der Waals surface area contributed by atoms with Crippen molar-refractivity contribution >= 4 is 23.4 Å². The van der Waals surface area contributed by atoms with Crippen molar-refractivity contribution in [3.05, 3.63) is 65.7 Å². The van der Waals surface area contributed by atoms with Gasteiger partial charge in [-0.2, -0.15) is 0 Å². The Kier molecular flexibility index (Phi) is 6.67. The van der Waals surface area contributed by atoms with Gasteiger partial charge in [0.25, 0.3) is 11.8 Å². The molecule has 0 N–H and O–H groups in total. The summed E-state index contributed by atoms with van der Waals surface area (Å²) in [5.41, 5.74) is 1.83. The van der Waals surface area contributed by atoms with Gasteiger partial charge in [0.15, 0.2) is 0 Å². The molecule has 1 fully saturated rings. The van der Waals surface area contributed by atoms with E-state index in [1.165, 1.54) is 4.90 Å². The SMILES string of the molecule is CCC(=O)N(c1ccccc1)C1CCN(CCN2C(=O)c3ccccc3C2=O)CC1OC. The number of piperidine rings is 1. The summed E-state index contributed by atoms with van der Waals surface area (Å²) >= 11 is 0. The molecule has 7 nitrogen and oxygen atoms in total. The van der Waals surface area contributed by atoms with E-state index >= 15 is 0 Å². The number of methoxy groups -OCH3 is 1. The molecule has 0 bridgehead atoms. The predicted molar refractivity (Wildman–Crippen MR) is 122 cm³/mol. The number of ether oxygens (including phenoxy) is 1. The van der Waals surface area contributed by atoms with Gasteiger partial charge in [-0.3, -0.25) is 24.2 Å². The number of benzene rings is 2. The number of hydrogen-bond donors (Lipinski definition) is 0. The first-order chi connectivity index (χ1) is 15.5. The molecule has 2 unspecified atom stereocenters. The van der Waals surface area contributed by atoms with Crippen LogP contribution in [0.2, 0.25) is 0 Å². The van der Waals surface area contributed by atoms with Crippen LogP contribution in [-0.2, 0) is 9.53 Å². The third kappa shape index (κ3) is 4.18. The van der Waals surface area contributed by atoms with Crippen LogP contribution >= 0.6 is 0 Å². The van der Waals surface area contributed by atoms with E-state index in [0.717, 1.165) is 18.7 Å². The quantitative estimate of drug-likeness (QED) is 0.626. The zero-order valence-electron chi connectivity index (χ0n) is 18.6. The van der Waals surface area contributed by atoms with Gasteiger partial charge in [0, 0.05) is 45.4 Å². The van der Waals surface area contributed by atoms with Crippen molar-refractivity contribution in [3.8, 4) is 0 Å². The molecular formula is C25H29N3O4. The van der Waals surface area contributed by atoms with Crippen LogP contribution in [-0.4, -0.2) is 73.0 Å². The molecule has 2 atom stereocenters. The molecule has 0 radical (unpaired) electrons. The van der Waals surface area contributed by atoms with Gasteiger partial charge >= 0.3 is 0 Å². The predicted octanol–water partition coefficient (Wildman–Crippen LogP) is 2.82. The molecule has 0 aliphatic carbocycles. The number of nitrogens with zero attached hydrogens (tertiary/aromatic N) is 3. The lowest BCUT2D eigenvalue weighted by atomic mass is 9.98. The molecule has 3 amide bonds. The molecule has 32 heavy (non-hydrogen) atoms. The summed E-state index contributed by atoms with van der Waals surface area (Å²) in [6, 6.07) is 16.6. The molecule has 168 valence electrons. The maximum atomic E-state index is 12.8. The summed E-state index contributed by atoms with van der Waals surface area (Å²) in [6.07, 6.45) is 1.01. The van der Waals surface area contributed by atoms with Crippen molar-refractivity contribution in [3.63, 3.8) is 0 Å². The number of rotatable bonds is 7. The number of para-hydroxylation sites is 1.